The smallest absolute Gasteiger partial charge is 0.273 e. The van der Waals surface area contributed by atoms with E-state index in [2.05, 4.69) is 25.3 Å². The highest BCUT2D eigenvalue weighted by Gasteiger charge is 2.43. The highest BCUT2D eigenvalue weighted by molar-refractivity contribution is 5.98. The van der Waals surface area contributed by atoms with Gasteiger partial charge in [-0.15, -0.1) is 0 Å². The number of nitrogens with two attached hydrogens (primary N) is 1. The van der Waals surface area contributed by atoms with E-state index >= 15 is 0 Å². The van der Waals surface area contributed by atoms with Crippen LogP contribution < -0.4 is 11.1 Å². The maximum Gasteiger partial charge on any atom is 0.273 e. The zero-order valence-electron chi connectivity index (χ0n) is 18.7. The fraction of sp³-hybridized carbons (Fsp3) is 0.304. The number of likely N-dealkylation sites (N-methyl/N-ethyl adjacent to an activating group) is 1. The normalized spacial score (nSPS) is 17.9. The molecule has 1 atom stereocenters. The molecule has 1 fully saturated rings. The lowest BCUT2D eigenvalue weighted by Crippen LogP contribution is -2.38. The van der Waals surface area contributed by atoms with Gasteiger partial charge >= 0.3 is 0 Å². The number of hydrogen-bond donors (Lipinski definition) is 3. The van der Waals surface area contributed by atoms with Crippen molar-refractivity contribution < 1.29 is 13.6 Å². The molecule has 4 N–H and O–H groups in total. The van der Waals surface area contributed by atoms with Crippen LogP contribution in [0.3, 0.4) is 0 Å². The van der Waals surface area contributed by atoms with E-state index in [4.69, 9.17) is 5.73 Å². The average Bonchev–Trinajstić information content (AvgIpc) is 3.51. The van der Waals surface area contributed by atoms with Gasteiger partial charge in [-0.1, -0.05) is 0 Å². The number of aromatic amines is 1. The highest BCUT2D eigenvalue weighted by Crippen LogP contribution is 2.32. The van der Waals surface area contributed by atoms with Gasteiger partial charge in [0.1, 0.15) is 17.0 Å². The molecular formula is C23H24F2N8O. The number of amides is 1. The molecule has 0 aromatic carbocycles. The van der Waals surface area contributed by atoms with E-state index in [9.17, 15) is 13.6 Å². The molecule has 1 saturated heterocycles. The molecule has 4 aromatic heterocycles. The number of aryl methyl sites for hydroxylation is 1. The van der Waals surface area contributed by atoms with Crippen molar-refractivity contribution in [3.8, 4) is 22.6 Å². The predicted octanol–water partition coefficient (Wildman–Crippen LogP) is 2.75. The fourth-order valence-electron chi connectivity index (χ4n) is 4.31. The standard InChI is InChI=1S/C23H24F2N8O/c1-13-9-28-17-6-5-14(11-33(13)17)18-19(16-4-3-7-27-16)31-21(26)20(30-18)22(34)29-10-15-8-23(24,25)12-32(15)2/h3-7,9,11,15,27H,8,10,12H2,1-2H3,(H2,26,31)(H,29,34). The molecule has 5 heterocycles. The summed E-state index contributed by atoms with van der Waals surface area (Å²) in [5.74, 6) is -3.37. The van der Waals surface area contributed by atoms with Gasteiger partial charge in [-0.3, -0.25) is 9.69 Å². The van der Waals surface area contributed by atoms with Crippen LogP contribution in [0.4, 0.5) is 14.6 Å². The summed E-state index contributed by atoms with van der Waals surface area (Å²) in [5, 5.41) is 2.70. The molecule has 0 spiro atoms. The Labute approximate surface area is 194 Å². The number of alkyl halides is 2. The van der Waals surface area contributed by atoms with Crippen LogP contribution in [0, 0.1) is 6.92 Å². The first-order valence-corrected chi connectivity index (χ1v) is 10.8. The van der Waals surface area contributed by atoms with Crippen molar-refractivity contribution in [1.29, 1.82) is 0 Å². The van der Waals surface area contributed by atoms with E-state index in [1.807, 2.05) is 41.8 Å². The van der Waals surface area contributed by atoms with Crippen LogP contribution in [0.5, 0.6) is 0 Å². The summed E-state index contributed by atoms with van der Waals surface area (Å²) in [6.45, 7) is 1.66. The van der Waals surface area contributed by atoms with Crippen molar-refractivity contribution in [2.24, 2.45) is 0 Å². The number of anilines is 1. The number of hydrogen-bond acceptors (Lipinski definition) is 6. The van der Waals surface area contributed by atoms with Crippen molar-refractivity contribution >= 4 is 17.4 Å². The van der Waals surface area contributed by atoms with Crippen molar-refractivity contribution in [2.45, 2.75) is 25.3 Å². The van der Waals surface area contributed by atoms with Gasteiger partial charge in [0.15, 0.2) is 11.5 Å². The summed E-state index contributed by atoms with van der Waals surface area (Å²) >= 11 is 0. The van der Waals surface area contributed by atoms with E-state index in [0.717, 1.165) is 16.9 Å². The summed E-state index contributed by atoms with van der Waals surface area (Å²) < 4.78 is 29.3. The van der Waals surface area contributed by atoms with Crippen LogP contribution in [0.1, 0.15) is 22.6 Å². The number of aromatic nitrogens is 5. The molecule has 1 amide bonds. The fourth-order valence-corrected chi connectivity index (χ4v) is 4.31. The van der Waals surface area contributed by atoms with E-state index in [1.165, 1.54) is 4.90 Å². The summed E-state index contributed by atoms with van der Waals surface area (Å²) in [5.41, 5.74) is 10.2. The Kier molecular flexibility index (Phi) is 5.28. The number of likely N-dealkylation sites (tertiary alicyclic amines) is 1. The predicted molar refractivity (Wildman–Crippen MR) is 123 cm³/mol. The average molecular weight is 466 g/mol. The van der Waals surface area contributed by atoms with Crippen molar-refractivity contribution in [2.75, 3.05) is 25.9 Å². The molecule has 34 heavy (non-hydrogen) atoms. The van der Waals surface area contributed by atoms with Crippen LogP contribution in [0.25, 0.3) is 28.3 Å². The second-order valence-electron chi connectivity index (χ2n) is 8.62. The minimum Gasteiger partial charge on any atom is -0.382 e. The monoisotopic (exact) mass is 466 g/mol. The maximum atomic E-state index is 13.7. The zero-order chi connectivity index (χ0) is 24.0. The largest absolute Gasteiger partial charge is 0.382 e. The quantitative estimate of drug-likeness (QED) is 0.416. The van der Waals surface area contributed by atoms with Crippen LogP contribution in [-0.2, 0) is 0 Å². The van der Waals surface area contributed by atoms with E-state index in [-0.39, 0.29) is 31.0 Å². The topological polar surface area (TPSA) is 117 Å². The maximum absolute atomic E-state index is 13.7. The number of nitrogen functional groups attached to an aromatic ring is 1. The molecule has 1 unspecified atom stereocenters. The van der Waals surface area contributed by atoms with Crippen LogP contribution in [0.15, 0.2) is 42.9 Å². The molecule has 11 heteroatoms. The number of nitrogens with zero attached hydrogens (tertiary/aromatic N) is 5. The number of carbonyl (C=O) groups excluding carboxylic acids is 1. The summed E-state index contributed by atoms with van der Waals surface area (Å²) in [7, 11) is 1.61. The van der Waals surface area contributed by atoms with Gasteiger partial charge in [-0.2, -0.15) is 0 Å². The third-order valence-electron chi connectivity index (χ3n) is 6.09. The van der Waals surface area contributed by atoms with Crippen LogP contribution in [0.2, 0.25) is 0 Å². The number of rotatable bonds is 5. The molecule has 9 nitrogen and oxygen atoms in total. The molecule has 4 aromatic rings. The number of H-pyrrole nitrogens is 1. The molecule has 1 aliphatic heterocycles. The van der Waals surface area contributed by atoms with Gasteiger partial charge in [0.05, 0.1) is 12.2 Å². The second kappa shape index (κ2) is 8.17. The number of nitrogens with one attached hydrogen (secondary N) is 2. The number of pyridine rings is 1. The summed E-state index contributed by atoms with van der Waals surface area (Å²) in [4.78, 5) is 31.0. The zero-order valence-corrected chi connectivity index (χ0v) is 18.7. The van der Waals surface area contributed by atoms with Crippen LogP contribution in [-0.4, -0.2) is 67.2 Å². The Hall–Kier alpha value is -3.86. The molecule has 5 rings (SSSR count). The lowest BCUT2D eigenvalue weighted by atomic mass is 10.1. The minimum absolute atomic E-state index is 0.0455. The Balaban J connectivity index is 1.51. The number of fused-ring (bicyclic) bond motifs is 1. The van der Waals surface area contributed by atoms with Gasteiger partial charge in [0.2, 0.25) is 0 Å². The summed E-state index contributed by atoms with van der Waals surface area (Å²) in [6, 6.07) is 6.90. The molecular weight excluding hydrogens is 442 g/mol. The molecule has 1 aliphatic rings. The van der Waals surface area contributed by atoms with Gasteiger partial charge in [0, 0.05) is 48.9 Å². The Morgan fingerprint density at radius 1 is 1.29 bits per heavy atom. The molecule has 0 aliphatic carbocycles. The molecule has 176 valence electrons. The van der Waals surface area contributed by atoms with Gasteiger partial charge in [0.25, 0.3) is 11.8 Å². The summed E-state index contributed by atoms with van der Waals surface area (Å²) in [6.07, 6.45) is 5.09. The van der Waals surface area contributed by atoms with E-state index < -0.39 is 17.9 Å². The number of carbonyl (C=O) groups is 1. The molecule has 0 bridgehead atoms. The van der Waals surface area contributed by atoms with Crippen LogP contribution >= 0.6 is 0 Å². The lowest BCUT2D eigenvalue weighted by Gasteiger charge is -2.19. The first-order valence-electron chi connectivity index (χ1n) is 10.8. The Morgan fingerprint density at radius 3 is 2.82 bits per heavy atom. The minimum atomic E-state index is -2.77. The molecule has 0 saturated carbocycles. The first kappa shape index (κ1) is 22.0. The highest BCUT2D eigenvalue weighted by atomic mass is 19.3. The SMILES string of the molecule is Cc1cnc2ccc(-c3nc(C(=O)NCC4CC(F)(F)CN4C)c(N)nc3-c3ccc[nH]3)cn12. The Bertz CT molecular complexity index is 1370. The Morgan fingerprint density at radius 2 is 2.12 bits per heavy atom. The van der Waals surface area contributed by atoms with Crippen molar-refractivity contribution in [1.82, 2.24) is 34.6 Å². The number of imidazole rings is 1. The van der Waals surface area contributed by atoms with E-state index in [1.54, 1.807) is 19.4 Å². The van der Waals surface area contributed by atoms with Crippen molar-refractivity contribution in [3.63, 3.8) is 0 Å². The third-order valence-corrected chi connectivity index (χ3v) is 6.09. The van der Waals surface area contributed by atoms with Gasteiger partial charge < -0.3 is 20.4 Å². The van der Waals surface area contributed by atoms with Crippen molar-refractivity contribution in [3.05, 3.63) is 54.2 Å². The first-order chi connectivity index (χ1) is 16.2. The lowest BCUT2D eigenvalue weighted by molar-refractivity contribution is 0.0140. The van der Waals surface area contributed by atoms with Gasteiger partial charge in [-0.05, 0) is 38.2 Å². The van der Waals surface area contributed by atoms with E-state index in [0.29, 0.717) is 17.1 Å². The van der Waals surface area contributed by atoms with Gasteiger partial charge in [-0.25, -0.2) is 23.7 Å². The third kappa shape index (κ3) is 3.98. The second-order valence-corrected chi connectivity index (χ2v) is 8.62. The molecule has 0 radical (unpaired) electrons. The number of halogens is 2.